The number of hydrogen-bond acceptors (Lipinski definition) is 7. The summed E-state index contributed by atoms with van der Waals surface area (Å²) in [6.45, 7) is 0. The molecule has 0 atom stereocenters. The molecule has 7 nitrogen and oxygen atoms in total. The van der Waals surface area contributed by atoms with Crippen molar-refractivity contribution in [2.75, 3.05) is 31.0 Å². The first-order valence-corrected chi connectivity index (χ1v) is 5.32. The first-order chi connectivity index (χ1) is 7.13. The molecule has 8 heteroatoms. The van der Waals surface area contributed by atoms with Crippen molar-refractivity contribution in [2.45, 2.75) is 5.16 Å². The highest BCUT2D eigenvalue weighted by Gasteiger charge is 2.22. The molecule has 0 aliphatic rings. The molecule has 0 unspecified atom stereocenters. The van der Waals surface area contributed by atoms with Gasteiger partial charge in [0.25, 0.3) is 0 Å². The smallest absolute Gasteiger partial charge is 0.353 e. The summed E-state index contributed by atoms with van der Waals surface area (Å²) in [7, 11) is 3.16. The third-order valence-corrected chi connectivity index (χ3v) is 2.25. The highest BCUT2D eigenvalue weighted by Crippen LogP contribution is 2.30. The Bertz CT molecular complexity index is 359. The number of nitrogens with one attached hydrogen (secondary N) is 2. The third-order valence-electron chi connectivity index (χ3n) is 1.70. The fraction of sp³-hybridized carbons (Fsp3) is 0.429. The Balaban J connectivity index is 3.39. The summed E-state index contributed by atoms with van der Waals surface area (Å²) in [5, 5.41) is 16.6. The second-order valence-corrected chi connectivity index (χ2v) is 3.29. The van der Waals surface area contributed by atoms with Gasteiger partial charge < -0.3 is 10.6 Å². The van der Waals surface area contributed by atoms with Gasteiger partial charge in [0.2, 0.25) is 11.6 Å². The van der Waals surface area contributed by atoms with E-state index in [1.165, 1.54) is 11.8 Å². The van der Waals surface area contributed by atoms with E-state index in [9.17, 15) is 10.1 Å². The maximum Gasteiger partial charge on any atom is 0.353 e. The van der Waals surface area contributed by atoms with Gasteiger partial charge in [-0.1, -0.05) is 11.8 Å². The number of nitro groups is 1. The number of anilines is 2. The Morgan fingerprint density at radius 2 is 1.73 bits per heavy atom. The van der Waals surface area contributed by atoms with Crippen molar-refractivity contribution >= 4 is 29.1 Å². The van der Waals surface area contributed by atoms with Crippen LogP contribution in [0.25, 0.3) is 0 Å². The van der Waals surface area contributed by atoms with Gasteiger partial charge >= 0.3 is 5.69 Å². The van der Waals surface area contributed by atoms with Crippen molar-refractivity contribution in [2.24, 2.45) is 0 Å². The Kier molecular flexibility index (Phi) is 3.67. The van der Waals surface area contributed by atoms with Crippen molar-refractivity contribution in [3.63, 3.8) is 0 Å². The van der Waals surface area contributed by atoms with Gasteiger partial charge in [0.1, 0.15) is 0 Å². The Morgan fingerprint density at radius 3 is 2.00 bits per heavy atom. The van der Waals surface area contributed by atoms with Gasteiger partial charge in [-0.15, -0.1) is 0 Å². The molecule has 0 aliphatic heterocycles. The molecule has 15 heavy (non-hydrogen) atoms. The molecule has 0 spiro atoms. The molecule has 1 heterocycles. The van der Waals surface area contributed by atoms with Gasteiger partial charge in [0.05, 0.1) is 4.92 Å². The average Bonchev–Trinajstić information content (AvgIpc) is 2.26. The largest absolute Gasteiger partial charge is 0.367 e. The number of rotatable bonds is 4. The summed E-state index contributed by atoms with van der Waals surface area (Å²) in [5.74, 6) is 0.424. The molecule has 0 saturated heterocycles. The van der Waals surface area contributed by atoms with Crippen LogP contribution in [0.1, 0.15) is 0 Å². The zero-order valence-corrected chi connectivity index (χ0v) is 9.38. The van der Waals surface area contributed by atoms with E-state index in [1.54, 1.807) is 20.4 Å². The predicted molar refractivity (Wildman–Crippen MR) is 59.6 cm³/mol. The Hall–Kier alpha value is -1.57. The molecule has 0 amide bonds. The van der Waals surface area contributed by atoms with E-state index in [0.717, 1.165) is 0 Å². The molecule has 0 radical (unpaired) electrons. The molecule has 1 aromatic heterocycles. The van der Waals surface area contributed by atoms with Gasteiger partial charge in [-0.25, -0.2) is 0 Å². The second kappa shape index (κ2) is 4.78. The molecule has 0 saturated carbocycles. The van der Waals surface area contributed by atoms with Crippen LogP contribution in [0.2, 0.25) is 0 Å². The lowest BCUT2D eigenvalue weighted by Gasteiger charge is -2.06. The molecule has 0 aromatic carbocycles. The SMILES string of the molecule is CNc1nc(SC)nc(NC)c1[N+](=O)[O-]. The molecule has 2 N–H and O–H groups in total. The number of hydrogen-bond donors (Lipinski definition) is 2. The third kappa shape index (κ3) is 2.27. The van der Waals surface area contributed by atoms with Crippen LogP contribution >= 0.6 is 11.8 Å². The minimum absolute atomic E-state index is 0.141. The van der Waals surface area contributed by atoms with Gasteiger partial charge in [-0.05, 0) is 6.26 Å². The summed E-state index contributed by atoms with van der Waals surface area (Å²) in [5.41, 5.74) is -0.141. The molecular weight excluding hydrogens is 218 g/mol. The molecule has 0 fully saturated rings. The standard InChI is InChI=1S/C7H11N5O2S/c1-8-5-4(12(13)14)6(9-2)11-7(10-5)15-3/h1-3H3,(H2,8,9,10,11). The Labute approximate surface area is 90.8 Å². The van der Waals surface area contributed by atoms with Crippen molar-refractivity contribution < 1.29 is 4.92 Å². The zero-order valence-electron chi connectivity index (χ0n) is 8.57. The molecule has 1 rings (SSSR count). The summed E-state index contributed by atoms with van der Waals surface area (Å²) >= 11 is 1.32. The van der Waals surface area contributed by atoms with E-state index in [2.05, 4.69) is 20.6 Å². The lowest BCUT2D eigenvalue weighted by molar-refractivity contribution is -0.383. The van der Waals surface area contributed by atoms with Gasteiger partial charge in [0, 0.05) is 14.1 Å². The first-order valence-electron chi connectivity index (χ1n) is 4.10. The van der Waals surface area contributed by atoms with Crippen LogP contribution in [0.15, 0.2) is 5.16 Å². The molecule has 1 aromatic rings. The van der Waals surface area contributed by atoms with E-state index in [-0.39, 0.29) is 17.3 Å². The van der Waals surface area contributed by atoms with E-state index in [1.807, 2.05) is 0 Å². The lowest BCUT2D eigenvalue weighted by atomic mass is 10.4. The predicted octanol–water partition coefficient (Wildman–Crippen LogP) is 1.19. The van der Waals surface area contributed by atoms with Gasteiger partial charge in [-0.2, -0.15) is 9.97 Å². The van der Waals surface area contributed by atoms with E-state index >= 15 is 0 Å². The van der Waals surface area contributed by atoms with Gasteiger partial charge in [-0.3, -0.25) is 10.1 Å². The number of aromatic nitrogens is 2. The second-order valence-electron chi connectivity index (χ2n) is 2.51. The summed E-state index contributed by atoms with van der Waals surface area (Å²) < 4.78 is 0. The average molecular weight is 229 g/mol. The molecule has 0 aliphatic carbocycles. The quantitative estimate of drug-likeness (QED) is 0.346. The van der Waals surface area contributed by atoms with Crippen LogP contribution in [-0.4, -0.2) is 35.2 Å². The monoisotopic (exact) mass is 229 g/mol. The number of thioether (sulfide) groups is 1. The molecule has 82 valence electrons. The van der Waals surface area contributed by atoms with E-state index < -0.39 is 4.92 Å². The maximum absolute atomic E-state index is 10.8. The molecule has 0 bridgehead atoms. The van der Waals surface area contributed by atoms with Crippen molar-refractivity contribution in [3.8, 4) is 0 Å². The summed E-state index contributed by atoms with van der Waals surface area (Å²) in [6, 6.07) is 0. The van der Waals surface area contributed by atoms with Crippen LogP contribution < -0.4 is 10.6 Å². The fourth-order valence-corrected chi connectivity index (χ4v) is 1.41. The van der Waals surface area contributed by atoms with Crippen LogP contribution in [-0.2, 0) is 0 Å². The summed E-state index contributed by atoms with van der Waals surface area (Å²) in [4.78, 5) is 18.3. The minimum atomic E-state index is -0.512. The van der Waals surface area contributed by atoms with Crippen molar-refractivity contribution in [1.82, 2.24) is 9.97 Å². The Morgan fingerprint density at radius 1 is 1.27 bits per heavy atom. The number of nitrogens with zero attached hydrogens (tertiary/aromatic N) is 3. The normalized spacial score (nSPS) is 9.80. The maximum atomic E-state index is 10.8. The van der Waals surface area contributed by atoms with Crippen LogP contribution in [0.5, 0.6) is 0 Å². The summed E-state index contributed by atoms with van der Waals surface area (Å²) in [6.07, 6.45) is 1.81. The van der Waals surface area contributed by atoms with Gasteiger partial charge in [0.15, 0.2) is 5.16 Å². The van der Waals surface area contributed by atoms with Crippen molar-refractivity contribution in [1.29, 1.82) is 0 Å². The van der Waals surface area contributed by atoms with Crippen LogP contribution in [0, 0.1) is 10.1 Å². The van der Waals surface area contributed by atoms with Crippen LogP contribution in [0.4, 0.5) is 17.3 Å². The highest BCUT2D eigenvalue weighted by atomic mass is 32.2. The zero-order chi connectivity index (χ0) is 11.4. The highest BCUT2D eigenvalue weighted by molar-refractivity contribution is 7.98. The van der Waals surface area contributed by atoms with Crippen LogP contribution in [0.3, 0.4) is 0 Å². The minimum Gasteiger partial charge on any atom is -0.367 e. The van der Waals surface area contributed by atoms with E-state index in [4.69, 9.17) is 0 Å². The lowest BCUT2D eigenvalue weighted by Crippen LogP contribution is -2.06. The first kappa shape index (κ1) is 11.5. The topological polar surface area (TPSA) is 93.0 Å². The molecular formula is C7H11N5O2S. The fourth-order valence-electron chi connectivity index (χ4n) is 1.05. The van der Waals surface area contributed by atoms with Crippen molar-refractivity contribution in [3.05, 3.63) is 10.1 Å². The van der Waals surface area contributed by atoms with E-state index in [0.29, 0.717) is 5.16 Å².